The zero-order chi connectivity index (χ0) is 29.5. The first-order chi connectivity index (χ1) is 19.7. The van der Waals surface area contributed by atoms with E-state index in [1.165, 1.54) is 38.9 Å². The second-order valence-electron chi connectivity index (χ2n) is 12.1. The number of fused-ring (bicyclic) bond motifs is 1. The Morgan fingerprint density at radius 3 is 2.41 bits per heavy atom. The van der Waals surface area contributed by atoms with Crippen LogP contribution in [0.3, 0.4) is 0 Å². The van der Waals surface area contributed by atoms with Crippen LogP contribution < -0.4 is 0 Å². The van der Waals surface area contributed by atoms with E-state index in [2.05, 4.69) is 74.5 Å². The second-order valence-corrected chi connectivity index (χ2v) is 12.1. The number of nitrogens with zero attached hydrogens (tertiary/aromatic N) is 2. The fourth-order valence-electron chi connectivity index (χ4n) is 6.01. The number of amides is 1. The highest BCUT2D eigenvalue weighted by Gasteiger charge is 2.25. The van der Waals surface area contributed by atoms with Gasteiger partial charge in [0.1, 0.15) is 0 Å². The summed E-state index contributed by atoms with van der Waals surface area (Å²) in [7, 11) is 0. The number of benzene rings is 2. The molecule has 1 amide bonds. The molecule has 0 atom stereocenters. The summed E-state index contributed by atoms with van der Waals surface area (Å²) >= 11 is 0. The largest absolute Gasteiger partial charge is 0.395 e. The summed E-state index contributed by atoms with van der Waals surface area (Å²) in [6.45, 7) is 18.0. The van der Waals surface area contributed by atoms with Crippen LogP contribution in [-0.4, -0.2) is 58.6 Å². The van der Waals surface area contributed by atoms with Crippen LogP contribution in [0.4, 0.5) is 0 Å². The number of aliphatic hydroxyl groups excluding tert-OH is 1. The molecule has 0 aliphatic carbocycles. The number of aromatic amines is 1. The summed E-state index contributed by atoms with van der Waals surface area (Å²) in [5.74, 6) is 0.933. The van der Waals surface area contributed by atoms with Crippen LogP contribution in [-0.2, 0) is 11.3 Å². The van der Waals surface area contributed by atoms with Gasteiger partial charge < -0.3 is 15.0 Å². The van der Waals surface area contributed by atoms with Crippen LogP contribution in [0.1, 0.15) is 81.7 Å². The summed E-state index contributed by atoms with van der Waals surface area (Å²) in [6.07, 6.45) is 6.47. The van der Waals surface area contributed by atoms with Crippen LogP contribution >= 0.6 is 0 Å². The topological polar surface area (TPSA) is 59.6 Å². The molecule has 4 rings (SSSR count). The third-order valence-electron chi connectivity index (χ3n) is 7.93. The third kappa shape index (κ3) is 7.87. The van der Waals surface area contributed by atoms with Gasteiger partial charge in [0.25, 0.3) is 0 Å². The van der Waals surface area contributed by atoms with Gasteiger partial charge in [0.2, 0.25) is 5.91 Å². The first-order valence-electron chi connectivity index (χ1n) is 15.0. The van der Waals surface area contributed by atoms with E-state index in [-0.39, 0.29) is 12.5 Å². The van der Waals surface area contributed by atoms with Crippen LogP contribution in [0.5, 0.6) is 0 Å². The molecule has 1 fully saturated rings. The first-order valence-corrected chi connectivity index (χ1v) is 15.0. The minimum atomic E-state index is -0.0266. The molecule has 1 aliphatic heterocycles. The Labute approximate surface area is 246 Å². The molecule has 1 aliphatic rings. The molecular weight excluding hydrogens is 506 g/mol. The third-order valence-corrected chi connectivity index (χ3v) is 7.93. The summed E-state index contributed by atoms with van der Waals surface area (Å²) in [5, 5.41) is 10.9. The number of likely N-dealkylation sites (tertiary alicyclic amines) is 1. The number of hydrogen-bond acceptors (Lipinski definition) is 3. The van der Waals surface area contributed by atoms with Gasteiger partial charge in [0, 0.05) is 29.7 Å². The minimum absolute atomic E-state index is 0.0266. The van der Waals surface area contributed by atoms with Crippen LogP contribution in [0.25, 0.3) is 16.5 Å². The van der Waals surface area contributed by atoms with Crippen molar-refractivity contribution in [1.29, 1.82) is 0 Å². The van der Waals surface area contributed by atoms with Crippen molar-refractivity contribution in [2.75, 3.05) is 32.8 Å². The van der Waals surface area contributed by atoms with Crippen molar-refractivity contribution in [2.45, 2.75) is 65.8 Å². The van der Waals surface area contributed by atoms with Gasteiger partial charge in [-0.15, -0.1) is 0 Å². The van der Waals surface area contributed by atoms with Crippen molar-refractivity contribution in [3.05, 3.63) is 101 Å². The number of H-pyrrole nitrogens is 1. The average molecular weight is 554 g/mol. The Balaban J connectivity index is 1.48. The van der Waals surface area contributed by atoms with E-state index in [1.54, 1.807) is 4.90 Å². The number of nitrogens with one attached hydrogen (secondary N) is 1. The lowest BCUT2D eigenvalue weighted by Gasteiger charge is -2.33. The molecule has 1 aromatic heterocycles. The number of piperidine rings is 1. The van der Waals surface area contributed by atoms with Gasteiger partial charge >= 0.3 is 0 Å². The molecule has 0 spiro atoms. The molecule has 0 radical (unpaired) electrons. The van der Waals surface area contributed by atoms with Crippen LogP contribution in [0, 0.1) is 0 Å². The predicted molar refractivity (Wildman–Crippen MR) is 172 cm³/mol. The molecule has 5 nitrogen and oxygen atoms in total. The van der Waals surface area contributed by atoms with Crippen molar-refractivity contribution in [1.82, 2.24) is 14.8 Å². The van der Waals surface area contributed by atoms with Gasteiger partial charge in [-0.1, -0.05) is 80.1 Å². The Bertz CT molecular complexity index is 1400. The van der Waals surface area contributed by atoms with Crippen LogP contribution in [0.2, 0.25) is 0 Å². The van der Waals surface area contributed by atoms with Gasteiger partial charge in [-0.05, 0) is 92.9 Å². The molecule has 0 unspecified atom stereocenters. The van der Waals surface area contributed by atoms with Crippen molar-refractivity contribution in [3.63, 3.8) is 0 Å². The Hall–Kier alpha value is -3.41. The van der Waals surface area contributed by atoms with E-state index in [9.17, 15) is 9.90 Å². The molecular formula is C36H47N3O2. The molecule has 41 heavy (non-hydrogen) atoms. The van der Waals surface area contributed by atoms with E-state index >= 15 is 0 Å². The van der Waals surface area contributed by atoms with Gasteiger partial charge in [0.05, 0.1) is 13.2 Å². The fraction of sp³-hybridized carbons (Fsp3) is 0.417. The van der Waals surface area contributed by atoms with E-state index in [1.807, 2.05) is 37.3 Å². The van der Waals surface area contributed by atoms with E-state index in [4.69, 9.17) is 0 Å². The molecule has 2 N–H and O–H groups in total. The van der Waals surface area contributed by atoms with Gasteiger partial charge in [-0.2, -0.15) is 0 Å². The Morgan fingerprint density at radius 1 is 1.10 bits per heavy atom. The van der Waals surface area contributed by atoms with Gasteiger partial charge in [-0.3, -0.25) is 9.69 Å². The molecule has 218 valence electrons. The van der Waals surface area contributed by atoms with Gasteiger partial charge in [-0.25, -0.2) is 0 Å². The highest BCUT2D eigenvalue weighted by atomic mass is 16.3. The summed E-state index contributed by atoms with van der Waals surface area (Å²) in [4.78, 5) is 20.9. The molecule has 1 saturated heterocycles. The smallest absolute Gasteiger partial charge is 0.237 e. The highest BCUT2D eigenvalue weighted by Crippen LogP contribution is 2.37. The van der Waals surface area contributed by atoms with Crippen molar-refractivity contribution in [3.8, 4) is 0 Å². The molecule has 3 aromatic rings. The monoisotopic (exact) mass is 553 g/mol. The fourth-order valence-corrected chi connectivity index (χ4v) is 6.01. The second kappa shape index (κ2) is 14.0. The Morgan fingerprint density at radius 2 is 1.80 bits per heavy atom. The number of carbonyl (C=O) groups excluding carboxylic acids is 1. The minimum Gasteiger partial charge on any atom is -0.395 e. The molecule has 2 aromatic carbocycles. The Kier molecular flexibility index (Phi) is 10.4. The average Bonchev–Trinajstić information content (AvgIpc) is 3.32. The number of hydrogen-bond donors (Lipinski definition) is 2. The quantitative estimate of drug-likeness (QED) is 0.243. The summed E-state index contributed by atoms with van der Waals surface area (Å²) < 4.78 is 0. The zero-order valence-corrected chi connectivity index (χ0v) is 25.5. The molecule has 0 saturated carbocycles. The van der Waals surface area contributed by atoms with E-state index < -0.39 is 0 Å². The number of allylic oxidation sites excluding steroid dienone is 5. The van der Waals surface area contributed by atoms with Gasteiger partial charge in [0.15, 0.2) is 0 Å². The van der Waals surface area contributed by atoms with E-state index in [0.717, 1.165) is 37.1 Å². The van der Waals surface area contributed by atoms with Crippen molar-refractivity contribution in [2.24, 2.45) is 0 Å². The highest BCUT2D eigenvalue weighted by molar-refractivity contribution is 5.92. The van der Waals surface area contributed by atoms with Crippen molar-refractivity contribution < 1.29 is 9.90 Å². The van der Waals surface area contributed by atoms with E-state index in [0.29, 0.717) is 31.5 Å². The number of carbonyl (C=O) groups is 1. The lowest BCUT2D eigenvalue weighted by molar-refractivity contribution is -0.133. The lowest BCUT2D eigenvalue weighted by atomic mass is 9.87. The molecule has 5 heteroatoms. The maximum atomic E-state index is 13.2. The SMILES string of the molecule is C=C(C)/C=C(\C=C(C)C)c1[nH]c2ccc(C3CCN(CC(=O)N(CCO)Cc4ccccc4)CC3)cc2c1C(C)C. The number of aromatic nitrogens is 1. The standard InChI is InChI=1S/C36H47N3O2/c1-25(2)20-31(21-26(3)4)36-35(27(5)6)32-22-30(12-13-33(32)37-36)29-14-16-38(17-15-29)24-34(41)39(18-19-40)23-28-10-8-7-9-11-28/h7-13,20-22,27,29,37,40H,1,14-19,23-24H2,2-6H3/b31-20+. The normalized spacial score (nSPS) is 15.0. The maximum Gasteiger partial charge on any atom is 0.237 e. The summed E-state index contributed by atoms with van der Waals surface area (Å²) in [6, 6.07) is 16.9. The number of rotatable bonds is 11. The molecule has 2 heterocycles. The van der Waals surface area contributed by atoms with Crippen LogP contribution in [0.15, 0.2) is 78.4 Å². The predicted octanol–water partition coefficient (Wildman–Crippen LogP) is 7.42. The summed E-state index contributed by atoms with van der Waals surface area (Å²) in [5.41, 5.74) is 9.67. The molecule has 0 bridgehead atoms. The van der Waals surface area contributed by atoms with Crippen molar-refractivity contribution >= 4 is 22.4 Å². The first kappa shape index (κ1) is 30.5. The maximum absolute atomic E-state index is 13.2. The zero-order valence-electron chi connectivity index (χ0n) is 25.5. The lowest BCUT2D eigenvalue weighted by Crippen LogP contribution is -2.43. The number of aliphatic hydroxyl groups is 1.